The molecule has 0 saturated carbocycles. The molecule has 2 aromatic carbocycles. The Bertz CT molecular complexity index is 952. The molecule has 3 rings (SSSR count). The van der Waals surface area contributed by atoms with Crippen LogP contribution in [0.3, 0.4) is 0 Å². The minimum Gasteiger partial charge on any atom is -0.493 e. The van der Waals surface area contributed by atoms with Crippen molar-refractivity contribution in [3.63, 3.8) is 0 Å². The summed E-state index contributed by atoms with van der Waals surface area (Å²) in [5, 5.41) is 4.28. The fourth-order valence-corrected chi connectivity index (χ4v) is 3.00. The minimum atomic E-state index is -0.235. The van der Waals surface area contributed by atoms with Crippen molar-refractivity contribution in [3.05, 3.63) is 52.7 Å². The number of aromatic amines is 1. The average Bonchev–Trinajstić information content (AvgIpc) is 3.08. The molecule has 0 atom stereocenters. The normalized spacial score (nSPS) is 10.6. The summed E-state index contributed by atoms with van der Waals surface area (Å²) in [7, 11) is 4.62. The molecular formula is C19H19ClN2O4. The maximum Gasteiger partial charge on any atom is 0.267 e. The van der Waals surface area contributed by atoms with E-state index in [1.165, 1.54) is 14.2 Å². The molecule has 7 heteroatoms. The molecule has 0 unspecified atom stereocenters. The zero-order chi connectivity index (χ0) is 18.7. The third-order valence-electron chi connectivity index (χ3n) is 4.01. The topological polar surface area (TPSA) is 72.6 Å². The van der Waals surface area contributed by atoms with Gasteiger partial charge >= 0.3 is 0 Å². The number of hydrogen-bond acceptors (Lipinski definition) is 4. The molecule has 0 saturated heterocycles. The van der Waals surface area contributed by atoms with Gasteiger partial charge in [0, 0.05) is 17.0 Å². The van der Waals surface area contributed by atoms with Gasteiger partial charge in [0.05, 0.1) is 26.8 Å². The van der Waals surface area contributed by atoms with Gasteiger partial charge in [0.25, 0.3) is 5.91 Å². The van der Waals surface area contributed by atoms with Gasteiger partial charge in [0.2, 0.25) is 5.75 Å². The highest BCUT2D eigenvalue weighted by molar-refractivity contribution is 6.30. The van der Waals surface area contributed by atoms with Crippen LogP contribution in [0.1, 0.15) is 16.1 Å². The molecule has 1 heterocycles. The van der Waals surface area contributed by atoms with E-state index < -0.39 is 0 Å². The third kappa shape index (κ3) is 3.41. The summed E-state index contributed by atoms with van der Waals surface area (Å²) in [6.07, 6.45) is 0. The molecule has 136 valence electrons. The van der Waals surface area contributed by atoms with E-state index in [0.29, 0.717) is 40.0 Å². The van der Waals surface area contributed by atoms with E-state index in [0.717, 1.165) is 10.9 Å². The van der Waals surface area contributed by atoms with Crippen molar-refractivity contribution in [2.75, 3.05) is 21.3 Å². The lowest BCUT2D eigenvalue weighted by molar-refractivity contribution is 0.0946. The number of methoxy groups -OCH3 is 3. The second kappa shape index (κ2) is 7.58. The van der Waals surface area contributed by atoms with Crippen LogP contribution in [-0.4, -0.2) is 32.2 Å². The Morgan fingerprint density at radius 1 is 1.08 bits per heavy atom. The number of benzene rings is 2. The van der Waals surface area contributed by atoms with E-state index in [2.05, 4.69) is 10.3 Å². The van der Waals surface area contributed by atoms with E-state index >= 15 is 0 Å². The number of hydrogen-bond donors (Lipinski definition) is 2. The van der Waals surface area contributed by atoms with E-state index in [4.69, 9.17) is 25.8 Å². The lowest BCUT2D eigenvalue weighted by atomic mass is 10.2. The first-order valence-electron chi connectivity index (χ1n) is 7.91. The molecule has 1 amide bonds. The first-order valence-corrected chi connectivity index (χ1v) is 8.29. The standard InChI is InChI=1S/C19H19ClN2O4/c1-24-15-9-12-8-14(22-16(12)18(26-3)17(15)25-2)19(23)21-10-11-5-4-6-13(20)7-11/h4-9,22H,10H2,1-3H3,(H,21,23). The summed E-state index contributed by atoms with van der Waals surface area (Å²) in [5.74, 6) is 1.24. The Labute approximate surface area is 156 Å². The maximum atomic E-state index is 12.5. The third-order valence-corrected chi connectivity index (χ3v) is 4.24. The van der Waals surface area contributed by atoms with Crippen molar-refractivity contribution in [1.29, 1.82) is 0 Å². The smallest absolute Gasteiger partial charge is 0.267 e. The predicted molar refractivity (Wildman–Crippen MR) is 101 cm³/mol. The molecule has 0 aliphatic rings. The van der Waals surface area contributed by atoms with E-state index in [1.54, 1.807) is 25.3 Å². The fourth-order valence-electron chi connectivity index (χ4n) is 2.79. The molecule has 6 nitrogen and oxygen atoms in total. The van der Waals surface area contributed by atoms with Crippen molar-refractivity contribution in [2.45, 2.75) is 6.54 Å². The predicted octanol–water partition coefficient (Wildman–Crippen LogP) is 3.78. The number of aromatic nitrogens is 1. The highest BCUT2D eigenvalue weighted by atomic mass is 35.5. The Morgan fingerprint density at radius 3 is 2.50 bits per heavy atom. The summed E-state index contributed by atoms with van der Waals surface area (Å²) >= 11 is 5.96. The van der Waals surface area contributed by atoms with Gasteiger partial charge in [-0.2, -0.15) is 0 Å². The Kier molecular flexibility index (Phi) is 5.23. The van der Waals surface area contributed by atoms with Gasteiger partial charge in [-0.15, -0.1) is 0 Å². The molecule has 3 aromatic rings. The molecule has 26 heavy (non-hydrogen) atoms. The number of ether oxygens (including phenoxy) is 3. The quantitative estimate of drug-likeness (QED) is 0.688. The number of amides is 1. The fraction of sp³-hybridized carbons (Fsp3) is 0.211. The van der Waals surface area contributed by atoms with Crippen molar-refractivity contribution in [1.82, 2.24) is 10.3 Å². The molecule has 1 aromatic heterocycles. The van der Waals surface area contributed by atoms with Crippen LogP contribution >= 0.6 is 11.6 Å². The lowest BCUT2D eigenvalue weighted by Crippen LogP contribution is -2.23. The van der Waals surface area contributed by atoms with E-state index in [1.807, 2.05) is 18.2 Å². The van der Waals surface area contributed by atoms with Gasteiger partial charge in [0.1, 0.15) is 5.69 Å². The number of carbonyl (C=O) groups is 1. The second-order valence-electron chi connectivity index (χ2n) is 5.61. The number of nitrogens with one attached hydrogen (secondary N) is 2. The average molecular weight is 375 g/mol. The van der Waals surface area contributed by atoms with Gasteiger partial charge in [-0.3, -0.25) is 4.79 Å². The molecule has 0 aliphatic heterocycles. The van der Waals surface area contributed by atoms with Crippen molar-refractivity contribution >= 4 is 28.4 Å². The largest absolute Gasteiger partial charge is 0.493 e. The second-order valence-corrected chi connectivity index (χ2v) is 6.04. The number of rotatable bonds is 6. The Morgan fingerprint density at radius 2 is 1.85 bits per heavy atom. The number of fused-ring (bicyclic) bond motifs is 1. The SMILES string of the molecule is COc1cc2cc(C(=O)NCc3cccc(Cl)c3)[nH]c2c(OC)c1OC. The summed E-state index contributed by atoms with van der Waals surface area (Å²) in [4.78, 5) is 15.6. The maximum absolute atomic E-state index is 12.5. The van der Waals surface area contributed by atoms with Gasteiger partial charge in [-0.05, 0) is 29.8 Å². The first-order chi connectivity index (χ1) is 12.6. The van der Waals surface area contributed by atoms with Gasteiger partial charge in [-0.25, -0.2) is 0 Å². The Balaban J connectivity index is 1.89. The number of H-pyrrole nitrogens is 1. The zero-order valence-corrected chi connectivity index (χ0v) is 15.4. The molecule has 0 spiro atoms. The van der Waals surface area contributed by atoms with Gasteiger partial charge < -0.3 is 24.5 Å². The molecule has 0 aliphatic carbocycles. The highest BCUT2D eigenvalue weighted by Crippen LogP contribution is 2.43. The van der Waals surface area contributed by atoms with Crippen molar-refractivity contribution in [2.24, 2.45) is 0 Å². The molecule has 0 fully saturated rings. The summed E-state index contributed by atoms with van der Waals surface area (Å²) in [5.41, 5.74) is 2.00. The van der Waals surface area contributed by atoms with Crippen LogP contribution < -0.4 is 19.5 Å². The van der Waals surface area contributed by atoms with Crippen LogP contribution in [0.4, 0.5) is 0 Å². The minimum absolute atomic E-state index is 0.235. The Hall–Kier alpha value is -2.86. The molecular weight excluding hydrogens is 356 g/mol. The zero-order valence-electron chi connectivity index (χ0n) is 14.7. The number of halogens is 1. The van der Waals surface area contributed by atoms with Crippen LogP contribution in [0, 0.1) is 0 Å². The van der Waals surface area contributed by atoms with Crippen LogP contribution in [0.5, 0.6) is 17.2 Å². The van der Waals surface area contributed by atoms with Crippen LogP contribution in [0.15, 0.2) is 36.4 Å². The lowest BCUT2D eigenvalue weighted by Gasteiger charge is -2.12. The number of carbonyl (C=O) groups excluding carboxylic acids is 1. The van der Waals surface area contributed by atoms with Crippen LogP contribution in [0.2, 0.25) is 5.02 Å². The summed E-state index contributed by atoms with van der Waals surface area (Å²) in [6, 6.07) is 10.9. The summed E-state index contributed by atoms with van der Waals surface area (Å²) in [6.45, 7) is 0.374. The van der Waals surface area contributed by atoms with Gasteiger partial charge in [-0.1, -0.05) is 23.7 Å². The summed E-state index contributed by atoms with van der Waals surface area (Å²) < 4.78 is 16.2. The van der Waals surface area contributed by atoms with Crippen molar-refractivity contribution < 1.29 is 19.0 Å². The van der Waals surface area contributed by atoms with Crippen molar-refractivity contribution in [3.8, 4) is 17.2 Å². The highest BCUT2D eigenvalue weighted by Gasteiger charge is 2.19. The first kappa shape index (κ1) is 17.9. The molecule has 0 radical (unpaired) electrons. The van der Waals surface area contributed by atoms with Crippen LogP contribution in [-0.2, 0) is 6.54 Å². The van der Waals surface area contributed by atoms with Gasteiger partial charge in [0.15, 0.2) is 11.5 Å². The molecule has 2 N–H and O–H groups in total. The van der Waals surface area contributed by atoms with E-state index in [-0.39, 0.29) is 5.91 Å². The van der Waals surface area contributed by atoms with Crippen LogP contribution in [0.25, 0.3) is 10.9 Å². The monoisotopic (exact) mass is 374 g/mol. The molecule has 0 bridgehead atoms. The van der Waals surface area contributed by atoms with E-state index in [9.17, 15) is 4.79 Å².